The van der Waals surface area contributed by atoms with E-state index >= 15 is 0 Å². The van der Waals surface area contributed by atoms with Gasteiger partial charge in [0.2, 0.25) is 5.91 Å². The van der Waals surface area contributed by atoms with Crippen molar-refractivity contribution in [1.82, 2.24) is 4.90 Å². The number of nitrogens with one attached hydrogen (secondary N) is 1. The van der Waals surface area contributed by atoms with Crippen molar-refractivity contribution in [1.29, 1.82) is 0 Å². The lowest BCUT2D eigenvalue weighted by Gasteiger charge is -2.21. The first kappa shape index (κ1) is 19.4. The van der Waals surface area contributed by atoms with E-state index in [9.17, 15) is 9.18 Å². The lowest BCUT2D eigenvalue weighted by atomic mass is 10.1. The van der Waals surface area contributed by atoms with Crippen molar-refractivity contribution in [2.45, 2.75) is 12.8 Å². The van der Waals surface area contributed by atoms with Gasteiger partial charge in [-0.2, -0.15) is 0 Å². The molecule has 0 saturated carbocycles. The first-order valence-electron chi connectivity index (χ1n) is 8.29. The molecule has 6 heteroatoms. The molecule has 0 aliphatic carbocycles. The zero-order chi connectivity index (χ0) is 18.1. The average Bonchev–Trinajstić information content (AvgIpc) is 2.61. The first-order chi connectivity index (χ1) is 12.1. The van der Waals surface area contributed by atoms with Gasteiger partial charge in [0, 0.05) is 37.6 Å². The molecule has 0 bridgehead atoms. The number of hydrogen-bond acceptors (Lipinski definition) is 3. The molecule has 0 aliphatic rings. The predicted octanol–water partition coefficient (Wildman–Crippen LogP) is 3.31. The van der Waals surface area contributed by atoms with Crippen LogP contribution in [0.4, 0.5) is 10.1 Å². The Morgan fingerprint density at radius 2 is 1.88 bits per heavy atom. The summed E-state index contributed by atoms with van der Waals surface area (Å²) < 4.78 is 13.7. The highest BCUT2D eigenvalue weighted by molar-refractivity contribution is 6.30. The normalized spacial score (nSPS) is 10.9. The third-order valence-electron chi connectivity index (χ3n) is 3.87. The topological polar surface area (TPSA) is 58.4 Å². The highest BCUT2D eigenvalue weighted by Gasteiger charge is 2.10. The summed E-state index contributed by atoms with van der Waals surface area (Å²) in [5.74, 6) is -0.772. The van der Waals surface area contributed by atoms with Crippen molar-refractivity contribution < 1.29 is 9.18 Å². The second-order valence-corrected chi connectivity index (χ2v) is 6.22. The summed E-state index contributed by atoms with van der Waals surface area (Å²) in [7, 11) is 0. The SMILES string of the molecule is NCCN(CCC(=O)Nc1ccc(Cl)cc1F)CCc1ccccc1. The van der Waals surface area contributed by atoms with Crippen LogP contribution in [0.25, 0.3) is 0 Å². The zero-order valence-corrected chi connectivity index (χ0v) is 14.8. The second kappa shape index (κ2) is 10.1. The molecule has 0 radical (unpaired) electrons. The molecular weight excluding hydrogens is 341 g/mol. The van der Waals surface area contributed by atoms with E-state index in [1.807, 2.05) is 18.2 Å². The Balaban J connectivity index is 1.81. The largest absolute Gasteiger partial charge is 0.329 e. The van der Waals surface area contributed by atoms with E-state index in [-0.39, 0.29) is 18.0 Å². The number of halogens is 2. The van der Waals surface area contributed by atoms with Gasteiger partial charge < -0.3 is 16.0 Å². The fourth-order valence-electron chi connectivity index (χ4n) is 2.51. The Labute approximate surface area is 152 Å². The van der Waals surface area contributed by atoms with Gasteiger partial charge in [-0.1, -0.05) is 41.9 Å². The van der Waals surface area contributed by atoms with Gasteiger partial charge >= 0.3 is 0 Å². The standard InChI is InChI=1S/C19H23ClFN3O/c20-16-6-7-18(17(21)14-16)23-19(25)9-12-24(13-10-22)11-8-15-4-2-1-3-5-15/h1-7,14H,8-13,22H2,(H,23,25). The van der Waals surface area contributed by atoms with Crippen LogP contribution in [-0.4, -0.2) is 37.0 Å². The minimum Gasteiger partial charge on any atom is -0.329 e. The zero-order valence-electron chi connectivity index (χ0n) is 14.1. The molecule has 0 fully saturated rings. The number of nitrogens with two attached hydrogens (primary N) is 1. The van der Waals surface area contributed by atoms with Crippen molar-refractivity contribution in [3.05, 3.63) is 64.9 Å². The summed E-state index contributed by atoms with van der Waals surface area (Å²) in [5.41, 5.74) is 7.05. The van der Waals surface area contributed by atoms with Crippen LogP contribution in [0.15, 0.2) is 48.5 Å². The van der Waals surface area contributed by atoms with Crippen LogP contribution in [0.5, 0.6) is 0 Å². The van der Waals surface area contributed by atoms with Crippen molar-refractivity contribution >= 4 is 23.2 Å². The van der Waals surface area contributed by atoms with Crippen LogP contribution in [0.2, 0.25) is 5.02 Å². The Kier molecular flexibility index (Phi) is 7.85. The molecule has 134 valence electrons. The van der Waals surface area contributed by atoms with Crippen LogP contribution in [-0.2, 0) is 11.2 Å². The Bertz CT molecular complexity index is 682. The van der Waals surface area contributed by atoms with E-state index in [2.05, 4.69) is 22.3 Å². The molecule has 0 saturated heterocycles. The third-order valence-corrected chi connectivity index (χ3v) is 4.10. The first-order valence-corrected chi connectivity index (χ1v) is 8.67. The minimum absolute atomic E-state index is 0.143. The van der Waals surface area contributed by atoms with Crippen molar-refractivity contribution in [2.75, 3.05) is 31.5 Å². The van der Waals surface area contributed by atoms with E-state index in [4.69, 9.17) is 17.3 Å². The number of amides is 1. The number of nitrogens with zero attached hydrogens (tertiary/aromatic N) is 1. The molecule has 0 aromatic heterocycles. The van der Waals surface area contributed by atoms with Crippen LogP contribution in [0, 0.1) is 5.82 Å². The molecule has 2 aromatic carbocycles. The fraction of sp³-hybridized carbons (Fsp3) is 0.316. The second-order valence-electron chi connectivity index (χ2n) is 5.79. The van der Waals surface area contributed by atoms with Gasteiger partial charge in [-0.3, -0.25) is 4.79 Å². The van der Waals surface area contributed by atoms with Crippen molar-refractivity contribution in [2.24, 2.45) is 5.73 Å². The van der Waals surface area contributed by atoms with Gasteiger partial charge in [0.05, 0.1) is 5.69 Å². The quantitative estimate of drug-likeness (QED) is 0.718. The van der Waals surface area contributed by atoms with E-state index in [1.165, 1.54) is 17.7 Å². The molecule has 1 amide bonds. The van der Waals surface area contributed by atoms with E-state index in [1.54, 1.807) is 6.07 Å². The number of rotatable bonds is 9. The molecule has 0 unspecified atom stereocenters. The van der Waals surface area contributed by atoms with Crippen molar-refractivity contribution in [3.63, 3.8) is 0 Å². The number of carbonyl (C=O) groups is 1. The Morgan fingerprint density at radius 1 is 1.12 bits per heavy atom. The van der Waals surface area contributed by atoms with E-state index in [0.29, 0.717) is 18.1 Å². The highest BCUT2D eigenvalue weighted by atomic mass is 35.5. The van der Waals surface area contributed by atoms with Crippen LogP contribution in [0.1, 0.15) is 12.0 Å². The highest BCUT2D eigenvalue weighted by Crippen LogP contribution is 2.19. The summed E-state index contributed by atoms with van der Waals surface area (Å²) in [4.78, 5) is 14.2. The van der Waals surface area contributed by atoms with Crippen LogP contribution < -0.4 is 11.1 Å². The number of anilines is 1. The van der Waals surface area contributed by atoms with Crippen LogP contribution >= 0.6 is 11.6 Å². The molecule has 0 atom stereocenters. The van der Waals surface area contributed by atoms with Gasteiger partial charge in [-0.05, 0) is 30.2 Å². The molecule has 0 heterocycles. The van der Waals surface area contributed by atoms with Gasteiger partial charge in [-0.15, -0.1) is 0 Å². The number of hydrogen-bond donors (Lipinski definition) is 2. The molecule has 0 spiro atoms. The molecule has 25 heavy (non-hydrogen) atoms. The monoisotopic (exact) mass is 363 g/mol. The fourth-order valence-corrected chi connectivity index (χ4v) is 2.67. The maximum absolute atomic E-state index is 13.7. The van der Waals surface area contributed by atoms with Crippen molar-refractivity contribution in [3.8, 4) is 0 Å². The summed E-state index contributed by atoms with van der Waals surface area (Å²) >= 11 is 5.71. The summed E-state index contributed by atoms with van der Waals surface area (Å²) in [6.07, 6.45) is 1.17. The third kappa shape index (κ3) is 6.82. The van der Waals surface area contributed by atoms with Gasteiger partial charge in [0.1, 0.15) is 5.82 Å². The van der Waals surface area contributed by atoms with Crippen LogP contribution in [0.3, 0.4) is 0 Å². The average molecular weight is 364 g/mol. The number of carbonyl (C=O) groups excluding carboxylic acids is 1. The lowest BCUT2D eigenvalue weighted by molar-refractivity contribution is -0.116. The summed E-state index contributed by atoms with van der Waals surface area (Å²) in [5, 5.41) is 2.87. The van der Waals surface area contributed by atoms with Gasteiger partial charge in [0.15, 0.2) is 0 Å². The summed E-state index contributed by atoms with van der Waals surface area (Å²) in [6.45, 7) is 2.65. The van der Waals surface area contributed by atoms with Gasteiger partial charge in [0.25, 0.3) is 0 Å². The Hall–Kier alpha value is -1.95. The number of benzene rings is 2. The molecule has 2 rings (SSSR count). The van der Waals surface area contributed by atoms with E-state index < -0.39 is 5.82 Å². The Morgan fingerprint density at radius 3 is 2.56 bits per heavy atom. The molecule has 4 nitrogen and oxygen atoms in total. The molecule has 0 aliphatic heterocycles. The predicted molar refractivity (Wildman–Crippen MR) is 100 cm³/mol. The molecule has 3 N–H and O–H groups in total. The van der Waals surface area contributed by atoms with E-state index in [0.717, 1.165) is 19.5 Å². The smallest absolute Gasteiger partial charge is 0.225 e. The minimum atomic E-state index is -0.538. The summed E-state index contributed by atoms with van der Waals surface area (Å²) in [6, 6.07) is 14.4. The maximum atomic E-state index is 13.7. The molecular formula is C19H23ClFN3O. The lowest BCUT2D eigenvalue weighted by Crippen LogP contribution is -2.34. The maximum Gasteiger partial charge on any atom is 0.225 e. The molecule has 2 aromatic rings. The van der Waals surface area contributed by atoms with Gasteiger partial charge in [-0.25, -0.2) is 4.39 Å².